The largest absolute Gasteiger partial charge is 0.382 e. The molecule has 1 amide bonds. The molecule has 0 aliphatic carbocycles. The second kappa shape index (κ2) is 7.47. The van der Waals surface area contributed by atoms with E-state index in [1.54, 1.807) is 18.2 Å². The zero-order valence-corrected chi connectivity index (χ0v) is 12.1. The summed E-state index contributed by atoms with van der Waals surface area (Å²) in [7, 11) is 0. The zero-order valence-electron chi connectivity index (χ0n) is 11.3. The van der Waals surface area contributed by atoms with Crippen molar-refractivity contribution < 1.29 is 9.53 Å². The van der Waals surface area contributed by atoms with Gasteiger partial charge in [-0.2, -0.15) is 0 Å². The van der Waals surface area contributed by atoms with Gasteiger partial charge < -0.3 is 21.1 Å². The number of rotatable bonds is 6. The number of carbonyl (C=O) groups excluding carboxylic acids is 1. The maximum Gasteiger partial charge on any atom is 0.250 e. The number of nitrogens with one attached hydrogen (secondary N) is 2. The van der Waals surface area contributed by atoms with E-state index in [0.717, 1.165) is 25.9 Å². The van der Waals surface area contributed by atoms with E-state index in [1.165, 1.54) is 0 Å². The molecule has 0 unspecified atom stereocenters. The third-order valence-electron chi connectivity index (χ3n) is 3.30. The summed E-state index contributed by atoms with van der Waals surface area (Å²) in [4.78, 5) is 11.3. The third kappa shape index (κ3) is 4.37. The van der Waals surface area contributed by atoms with E-state index >= 15 is 0 Å². The molecule has 6 heteroatoms. The number of halogens is 1. The summed E-state index contributed by atoms with van der Waals surface area (Å²) in [5.74, 6) is -0.469. The lowest BCUT2D eigenvalue weighted by Crippen LogP contribution is -2.33. The topological polar surface area (TPSA) is 76.4 Å². The Morgan fingerprint density at radius 1 is 1.45 bits per heavy atom. The first-order chi connectivity index (χ1) is 9.66. The van der Waals surface area contributed by atoms with Crippen molar-refractivity contribution in [2.24, 2.45) is 5.73 Å². The van der Waals surface area contributed by atoms with Crippen molar-refractivity contribution in [1.29, 1.82) is 0 Å². The smallest absolute Gasteiger partial charge is 0.250 e. The molecule has 0 radical (unpaired) electrons. The number of hydrogen-bond donors (Lipinski definition) is 3. The maximum atomic E-state index is 11.3. The number of anilines is 1. The van der Waals surface area contributed by atoms with Gasteiger partial charge in [-0.05, 0) is 44.1 Å². The van der Waals surface area contributed by atoms with Crippen LogP contribution in [0.25, 0.3) is 0 Å². The van der Waals surface area contributed by atoms with Gasteiger partial charge in [0.25, 0.3) is 5.91 Å². The van der Waals surface area contributed by atoms with Crippen LogP contribution in [0, 0.1) is 0 Å². The summed E-state index contributed by atoms with van der Waals surface area (Å²) in [6, 6.07) is 4.98. The van der Waals surface area contributed by atoms with Gasteiger partial charge in [0.15, 0.2) is 0 Å². The minimum absolute atomic E-state index is 0.327. The highest BCUT2D eigenvalue weighted by atomic mass is 35.5. The van der Waals surface area contributed by atoms with Crippen LogP contribution >= 0.6 is 11.6 Å². The van der Waals surface area contributed by atoms with Crippen LogP contribution in [0.5, 0.6) is 0 Å². The van der Waals surface area contributed by atoms with Crippen LogP contribution in [-0.4, -0.2) is 38.3 Å². The minimum Gasteiger partial charge on any atom is -0.382 e. The first kappa shape index (κ1) is 15.1. The van der Waals surface area contributed by atoms with Crippen LogP contribution in [-0.2, 0) is 4.74 Å². The number of amides is 1. The first-order valence-electron chi connectivity index (χ1n) is 6.82. The molecule has 4 N–H and O–H groups in total. The molecule has 110 valence electrons. The Labute approximate surface area is 123 Å². The fourth-order valence-corrected chi connectivity index (χ4v) is 2.42. The minimum atomic E-state index is -0.469. The summed E-state index contributed by atoms with van der Waals surface area (Å²) in [5.41, 5.74) is 6.42. The molecule has 1 heterocycles. The van der Waals surface area contributed by atoms with Crippen LogP contribution in [0.2, 0.25) is 5.02 Å². The number of ether oxygens (including phenoxy) is 1. The van der Waals surface area contributed by atoms with Gasteiger partial charge in [-0.1, -0.05) is 11.6 Å². The highest BCUT2D eigenvalue weighted by Crippen LogP contribution is 2.20. The average molecular weight is 298 g/mol. The molecule has 0 spiro atoms. The molecule has 0 aromatic heterocycles. The van der Waals surface area contributed by atoms with Crippen LogP contribution in [0.4, 0.5) is 5.69 Å². The van der Waals surface area contributed by atoms with Crippen molar-refractivity contribution in [3.63, 3.8) is 0 Å². The normalized spacial score (nSPS) is 16.1. The lowest BCUT2D eigenvalue weighted by Gasteiger charge is -2.23. The van der Waals surface area contributed by atoms with Crippen molar-refractivity contribution in [1.82, 2.24) is 5.32 Å². The number of primary amides is 1. The van der Waals surface area contributed by atoms with Gasteiger partial charge in [-0.3, -0.25) is 4.79 Å². The van der Waals surface area contributed by atoms with Crippen molar-refractivity contribution >= 4 is 23.2 Å². The maximum absolute atomic E-state index is 11.3. The van der Waals surface area contributed by atoms with E-state index in [4.69, 9.17) is 22.1 Å². The molecule has 1 aromatic carbocycles. The summed E-state index contributed by atoms with van der Waals surface area (Å²) >= 11 is 5.93. The summed E-state index contributed by atoms with van der Waals surface area (Å²) in [6.45, 7) is 3.23. The Morgan fingerprint density at radius 3 is 2.90 bits per heavy atom. The summed E-state index contributed by atoms with van der Waals surface area (Å²) < 4.78 is 5.78. The van der Waals surface area contributed by atoms with Gasteiger partial charge in [0.1, 0.15) is 0 Å². The molecule has 5 nitrogen and oxygen atoms in total. The average Bonchev–Trinajstić information content (AvgIpc) is 2.44. The van der Waals surface area contributed by atoms with Crippen LogP contribution in [0.1, 0.15) is 23.2 Å². The van der Waals surface area contributed by atoms with Crippen molar-refractivity contribution in [3.8, 4) is 0 Å². The fraction of sp³-hybridized carbons (Fsp3) is 0.500. The van der Waals surface area contributed by atoms with Crippen LogP contribution < -0.4 is 16.4 Å². The lowest BCUT2D eigenvalue weighted by molar-refractivity contribution is 0.0394. The van der Waals surface area contributed by atoms with Gasteiger partial charge in [0, 0.05) is 17.3 Å². The van der Waals surface area contributed by atoms with Gasteiger partial charge in [0.2, 0.25) is 0 Å². The predicted molar refractivity (Wildman–Crippen MR) is 80.3 cm³/mol. The summed E-state index contributed by atoms with van der Waals surface area (Å²) in [5, 5.41) is 7.01. The lowest BCUT2D eigenvalue weighted by atomic mass is 10.1. The van der Waals surface area contributed by atoms with E-state index in [2.05, 4.69) is 10.6 Å². The van der Waals surface area contributed by atoms with Crippen molar-refractivity contribution in [2.45, 2.75) is 18.9 Å². The number of hydrogen-bond acceptors (Lipinski definition) is 4. The molecule has 1 fully saturated rings. The van der Waals surface area contributed by atoms with Gasteiger partial charge >= 0.3 is 0 Å². The quantitative estimate of drug-likeness (QED) is 0.697. The Hall–Kier alpha value is -1.30. The van der Waals surface area contributed by atoms with Gasteiger partial charge in [0.05, 0.1) is 18.3 Å². The standard InChI is InChI=1S/C14H20ClN3O2/c15-10-1-2-12(14(16)19)13(9-10)18-7-8-20-11-3-5-17-6-4-11/h1-2,9,11,17-18H,3-8H2,(H2,16,19). The van der Waals surface area contributed by atoms with Gasteiger partial charge in [-0.15, -0.1) is 0 Å². The van der Waals surface area contributed by atoms with Crippen LogP contribution in [0.15, 0.2) is 18.2 Å². The summed E-state index contributed by atoms with van der Waals surface area (Å²) in [6.07, 6.45) is 2.42. The molecule has 1 aromatic rings. The Morgan fingerprint density at radius 2 is 2.20 bits per heavy atom. The highest BCUT2D eigenvalue weighted by molar-refractivity contribution is 6.31. The second-order valence-corrected chi connectivity index (χ2v) is 5.24. The molecule has 0 atom stereocenters. The van der Waals surface area contributed by atoms with E-state index in [0.29, 0.717) is 35.5 Å². The fourth-order valence-electron chi connectivity index (χ4n) is 2.25. The SMILES string of the molecule is NC(=O)c1ccc(Cl)cc1NCCOC1CCNCC1. The van der Waals surface area contributed by atoms with E-state index in [-0.39, 0.29) is 0 Å². The van der Waals surface area contributed by atoms with Crippen molar-refractivity contribution in [2.75, 3.05) is 31.6 Å². The third-order valence-corrected chi connectivity index (χ3v) is 3.54. The molecular formula is C14H20ClN3O2. The molecule has 20 heavy (non-hydrogen) atoms. The van der Waals surface area contributed by atoms with E-state index in [9.17, 15) is 4.79 Å². The molecule has 1 saturated heterocycles. The highest BCUT2D eigenvalue weighted by Gasteiger charge is 2.13. The molecule has 1 aliphatic heterocycles. The van der Waals surface area contributed by atoms with Gasteiger partial charge in [-0.25, -0.2) is 0 Å². The number of piperidine rings is 1. The Balaban J connectivity index is 1.81. The Bertz CT molecular complexity index is 462. The first-order valence-corrected chi connectivity index (χ1v) is 7.20. The number of nitrogens with two attached hydrogens (primary N) is 1. The number of carbonyl (C=O) groups is 1. The zero-order chi connectivity index (χ0) is 14.4. The van der Waals surface area contributed by atoms with Crippen LogP contribution in [0.3, 0.4) is 0 Å². The number of benzene rings is 1. The molecule has 0 saturated carbocycles. The van der Waals surface area contributed by atoms with E-state index in [1.807, 2.05) is 0 Å². The Kier molecular flexibility index (Phi) is 5.64. The van der Waals surface area contributed by atoms with E-state index < -0.39 is 5.91 Å². The molecule has 2 rings (SSSR count). The predicted octanol–water partition coefficient (Wildman–Crippen LogP) is 1.62. The monoisotopic (exact) mass is 297 g/mol. The van der Waals surface area contributed by atoms with Crippen molar-refractivity contribution in [3.05, 3.63) is 28.8 Å². The molecule has 1 aliphatic rings. The molecule has 0 bridgehead atoms. The molecular weight excluding hydrogens is 278 g/mol. The second-order valence-electron chi connectivity index (χ2n) is 4.80.